The molecule has 2 aromatic carbocycles. The second-order valence-electron chi connectivity index (χ2n) is 7.54. The lowest BCUT2D eigenvalue weighted by atomic mass is 10.0. The van der Waals surface area contributed by atoms with E-state index in [9.17, 15) is 9.59 Å². The van der Waals surface area contributed by atoms with Gasteiger partial charge in [0.15, 0.2) is 5.69 Å². The number of hydrogen-bond acceptors (Lipinski definition) is 4. The maximum atomic E-state index is 13.2. The van der Waals surface area contributed by atoms with Crippen molar-refractivity contribution in [3.8, 4) is 0 Å². The largest absolute Gasteiger partial charge is 0.340 e. The number of aryl methyl sites for hydroxylation is 2. The van der Waals surface area contributed by atoms with Gasteiger partial charge in [-0.05, 0) is 24.1 Å². The Balaban J connectivity index is 1.78. The van der Waals surface area contributed by atoms with Gasteiger partial charge in [0.1, 0.15) is 5.82 Å². The van der Waals surface area contributed by atoms with E-state index in [1.807, 2.05) is 49.7 Å². The van der Waals surface area contributed by atoms with Crippen molar-refractivity contribution in [2.24, 2.45) is 20.0 Å². The molecular weight excluding hydrogens is 366 g/mol. The van der Waals surface area contributed by atoms with Crippen LogP contribution in [0.3, 0.4) is 0 Å². The number of carbonyl (C=O) groups is 1. The number of aromatic nitrogens is 4. The average molecular weight is 389 g/mol. The third-order valence-corrected chi connectivity index (χ3v) is 5.22. The minimum Gasteiger partial charge on any atom is -0.340 e. The van der Waals surface area contributed by atoms with Gasteiger partial charge < -0.3 is 9.88 Å². The van der Waals surface area contributed by atoms with E-state index in [1.165, 1.54) is 4.68 Å². The topological polar surface area (TPSA) is 81.8 Å². The van der Waals surface area contributed by atoms with E-state index in [0.717, 1.165) is 16.9 Å². The zero-order chi connectivity index (χ0) is 20.7. The zero-order valence-electron chi connectivity index (χ0n) is 16.9. The molecule has 2 heterocycles. The Labute approximate surface area is 168 Å². The van der Waals surface area contributed by atoms with Crippen molar-refractivity contribution in [1.82, 2.24) is 24.6 Å². The smallest absolute Gasteiger partial charge is 0.274 e. The van der Waals surface area contributed by atoms with Crippen LogP contribution in [0.25, 0.3) is 21.8 Å². The summed E-state index contributed by atoms with van der Waals surface area (Å²) in [6, 6.07) is 14.6. The zero-order valence-corrected chi connectivity index (χ0v) is 16.9. The minimum atomic E-state index is -0.331. The van der Waals surface area contributed by atoms with E-state index in [1.54, 1.807) is 31.3 Å². The first-order chi connectivity index (χ1) is 13.9. The molecule has 0 saturated heterocycles. The molecule has 7 nitrogen and oxygen atoms in total. The number of nitrogens with zero attached hydrogens (tertiary/aromatic N) is 4. The van der Waals surface area contributed by atoms with E-state index in [4.69, 9.17) is 4.98 Å². The van der Waals surface area contributed by atoms with Gasteiger partial charge in [0.25, 0.3) is 11.5 Å². The summed E-state index contributed by atoms with van der Waals surface area (Å²) in [6.45, 7) is 4.08. The van der Waals surface area contributed by atoms with Crippen LogP contribution in [0.2, 0.25) is 0 Å². The predicted molar refractivity (Wildman–Crippen MR) is 113 cm³/mol. The molecule has 4 aromatic rings. The van der Waals surface area contributed by atoms with Gasteiger partial charge in [0.05, 0.1) is 22.5 Å². The number of amides is 1. The fourth-order valence-electron chi connectivity index (χ4n) is 3.65. The summed E-state index contributed by atoms with van der Waals surface area (Å²) in [6.07, 6.45) is 0. The molecule has 0 bridgehead atoms. The average Bonchev–Trinajstić information content (AvgIpc) is 3.05. The van der Waals surface area contributed by atoms with Crippen LogP contribution >= 0.6 is 0 Å². The summed E-state index contributed by atoms with van der Waals surface area (Å²) >= 11 is 0. The quantitative estimate of drug-likeness (QED) is 0.582. The summed E-state index contributed by atoms with van der Waals surface area (Å²) in [7, 11) is 3.50. The first-order valence-corrected chi connectivity index (χ1v) is 9.56. The Kier molecular flexibility index (Phi) is 4.66. The Bertz CT molecular complexity index is 1290. The molecule has 2 aromatic heterocycles. The van der Waals surface area contributed by atoms with Gasteiger partial charge in [-0.1, -0.05) is 44.2 Å². The van der Waals surface area contributed by atoms with Gasteiger partial charge in [0, 0.05) is 19.5 Å². The number of nitrogens with one attached hydrogen (secondary N) is 1. The van der Waals surface area contributed by atoms with Crippen molar-refractivity contribution < 1.29 is 4.79 Å². The Morgan fingerprint density at radius 3 is 2.34 bits per heavy atom. The van der Waals surface area contributed by atoms with Crippen LogP contribution in [0.5, 0.6) is 0 Å². The maximum Gasteiger partial charge on any atom is 0.274 e. The Hall–Kier alpha value is -3.48. The molecule has 0 aliphatic heterocycles. The number of imidazole rings is 1. The number of rotatable bonds is 4. The molecule has 0 unspecified atom stereocenters. The first-order valence-electron chi connectivity index (χ1n) is 9.56. The van der Waals surface area contributed by atoms with Crippen molar-refractivity contribution in [2.75, 3.05) is 0 Å². The molecule has 1 atom stereocenters. The number of para-hydroxylation sites is 2. The van der Waals surface area contributed by atoms with Crippen LogP contribution in [-0.2, 0) is 14.1 Å². The van der Waals surface area contributed by atoms with Crippen molar-refractivity contribution in [1.29, 1.82) is 0 Å². The van der Waals surface area contributed by atoms with Gasteiger partial charge in [0.2, 0.25) is 0 Å². The highest BCUT2D eigenvalue weighted by molar-refractivity contribution is 6.04. The summed E-state index contributed by atoms with van der Waals surface area (Å²) in [5.74, 6) is 0.555. The molecule has 0 fully saturated rings. The molecule has 4 rings (SSSR count). The van der Waals surface area contributed by atoms with Gasteiger partial charge in [-0.2, -0.15) is 5.10 Å². The SMILES string of the molecule is CC(C)[C@H](NC(=O)c1nn(C)c(=O)c2ccccc12)c1nc2ccccc2n1C. The molecule has 0 aliphatic rings. The third-order valence-electron chi connectivity index (χ3n) is 5.22. The fraction of sp³-hybridized carbons (Fsp3) is 0.273. The van der Waals surface area contributed by atoms with Crippen LogP contribution in [-0.4, -0.2) is 25.2 Å². The molecule has 148 valence electrons. The summed E-state index contributed by atoms with van der Waals surface area (Å²) in [5, 5.41) is 8.34. The minimum absolute atomic E-state index is 0.105. The second kappa shape index (κ2) is 7.16. The highest BCUT2D eigenvalue weighted by Gasteiger charge is 2.26. The number of fused-ring (bicyclic) bond motifs is 2. The van der Waals surface area contributed by atoms with Crippen LogP contribution < -0.4 is 10.9 Å². The van der Waals surface area contributed by atoms with Gasteiger partial charge in [-0.15, -0.1) is 0 Å². The van der Waals surface area contributed by atoms with Gasteiger partial charge in [-0.3, -0.25) is 9.59 Å². The van der Waals surface area contributed by atoms with E-state index >= 15 is 0 Å². The van der Waals surface area contributed by atoms with Crippen molar-refractivity contribution in [3.05, 3.63) is 70.4 Å². The first kappa shape index (κ1) is 18.9. The highest BCUT2D eigenvalue weighted by atomic mass is 16.2. The Morgan fingerprint density at radius 2 is 1.66 bits per heavy atom. The standard InChI is InChI=1S/C22H23N5O2/c1-13(2)18(20-23-16-11-7-8-12-17(16)26(20)3)24-21(28)19-14-9-5-6-10-15(14)22(29)27(4)25-19/h5-13,18H,1-4H3,(H,24,28)/t18-/m0/s1. The van der Waals surface area contributed by atoms with Crippen LogP contribution in [0, 0.1) is 5.92 Å². The van der Waals surface area contributed by atoms with E-state index < -0.39 is 0 Å². The molecule has 0 saturated carbocycles. The summed E-state index contributed by atoms with van der Waals surface area (Å²) in [4.78, 5) is 30.3. The Morgan fingerprint density at radius 1 is 1.00 bits per heavy atom. The van der Waals surface area contributed by atoms with Crippen molar-refractivity contribution in [3.63, 3.8) is 0 Å². The van der Waals surface area contributed by atoms with Gasteiger partial charge in [-0.25, -0.2) is 9.67 Å². The number of benzene rings is 2. The molecule has 1 amide bonds. The lowest BCUT2D eigenvalue weighted by molar-refractivity contribution is 0.0917. The van der Waals surface area contributed by atoms with E-state index in [0.29, 0.717) is 10.8 Å². The lowest BCUT2D eigenvalue weighted by Crippen LogP contribution is -2.35. The molecule has 29 heavy (non-hydrogen) atoms. The van der Waals surface area contributed by atoms with Crippen molar-refractivity contribution in [2.45, 2.75) is 19.9 Å². The van der Waals surface area contributed by atoms with Crippen LogP contribution in [0.1, 0.15) is 36.2 Å². The van der Waals surface area contributed by atoms with Crippen LogP contribution in [0.4, 0.5) is 0 Å². The monoisotopic (exact) mass is 389 g/mol. The molecule has 1 N–H and O–H groups in total. The summed E-state index contributed by atoms with van der Waals surface area (Å²) < 4.78 is 3.21. The molecule has 7 heteroatoms. The lowest BCUT2D eigenvalue weighted by Gasteiger charge is -2.22. The molecule has 0 aliphatic carbocycles. The molecule has 0 spiro atoms. The summed E-state index contributed by atoms with van der Waals surface area (Å²) in [5.41, 5.74) is 1.89. The highest BCUT2D eigenvalue weighted by Crippen LogP contribution is 2.25. The van der Waals surface area contributed by atoms with E-state index in [-0.39, 0.29) is 29.1 Å². The van der Waals surface area contributed by atoms with E-state index in [2.05, 4.69) is 10.4 Å². The fourth-order valence-corrected chi connectivity index (χ4v) is 3.65. The molecule has 0 radical (unpaired) electrons. The number of hydrogen-bond donors (Lipinski definition) is 1. The van der Waals surface area contributed by atoms with Crippen molar-refractivity contribution >= 4 is 27.7 Å². The normalized spacial score (nSPS) is 12.6. The van der Waals surface area contributed by atoms with Crippen LogP contribution in [0.15, 0.2) is 53.3 Å². The van der Waals surface area contributed by atoms with Gasteiger partial charge >= 0.3 is 0 Å². The predicted octanol–water partition coefficient (Wildman–Crippen LogP) is 2.95. The maximum absolute atomic E-state index is 13.2. The second-order valence-corrected chi connectivity index (χ2v) is 7.54. The third kappa shape index (κ3) is 3.18. The number of carbonyl (C=O) groups excluding carboxylic acids is 1. The molecular formula is C22H23N5O2.